The average molecular weight is 381 g/mol. The van der Waals surface area contributed by atoms with Crippen LogP contribution in [0.3, 0.4) is 0 Å². The first-order valence-corrected chi connectivity index (χ1v) is 8.91. The van der Waals surface area contributed by atoms with E-state index in [0.29, 0.717) is 18.5 Å². The maximum atomic E-state index is 12.5. The molecule has 8 nitrogen and oxygen atoms in total. The first-order valence-electron chi connectivity index (χ1n) is 8.91. The highest BCUT2D eigenvalue weighted by Crippen LogP contribution is 2.36. The summed E-state index contributed by atoms with van der Waals surface area (Å²) in [6.07, 6.45) is 4.69. The van der Waals surface area contributed by atoms with E-state index in [9.17, 15) is 19.2 Å². The standard InChI is InChI=1S/C20H19N3O5/c1-12(23-18(25)14-7-3-4-8-15(14)19(23)26)20(27)28-11-17(24)22-16-9-5-2-6-13(16)10-21/h2-6,9,12,14-15H,7-8,11H2,1H3,(H,22,24)/t12-,14-,15-/m0/s1. The molecule has 3 amide bonds. The van der Waals surface area contributed by atoms with Crippen molar-refractivity contribution >= 4 is 29.4 Å². The highest BCUT2D eigenvalue weighted by molar-refractivity contribution is 6.08. The molecular weight excluding hydrogens is 362 g/mol. The SMILES string of the molecule is C[C@@H](C(=O)OCC(=O)Nc1ccccc1C#N)N1C(=O)[C@H]2CC=CC[C@@H]2C1=O. The Bertz CT molecular complexity index is 875. The van der Waals surface area contributed by atoms with Crippen molar-refractivity contribution in [1.82, 2.24) is 4.90 Å². The molecule has 8 heteroatoms. The predicted molar refractivity (Wildman–Crippen MR) is 97.4 cm³/mol. The molecule has 1 saturated heterocycles. The van der Waals surface area contributed by atoms with E-state index in [-0.39, 0.29) is 17.4 Å². The zero-order valence-electron chi connectivity index (χ0n) is 15.3. The molecule has 2 aliphatic rings. The van der Waals surface area contributed by atoms with Crippen molar-refractivity contribution < 1.29 is 23.9 Å². The molecule has 1 heterocycles. The number of carbonyl (C=O) groups is 4. The van der Waals surface area contributed by atoms with Crippen LogP contribution < -0.4 is 5.32 Å². The van der Waals surface area contributed by atoms with Gasteiger partial charge in [-0.25, -0.2) is 4.79 Å². The van der Waals surface area contributed by atoms with Gasteiger partial charge in [0.2, 0.25) is 11.8 Å². The van der Waals surface area contributed by atoms with Crippen LogP contribution in [0, 0.1) is 23.2 Å². The van der Waals surface area contributed by atoms with Crippen molar-refractivity contribution in [1.29, 1.82) is 5.26 Å². The number of ether oxygens (including phenoxy) is 1. The lowest BCUT2D eigenvalue weighted by Crippen LogP contribution is -2.45. The zero-order valence-corrected chi connectivity index (χ0v) is 15.3. The normalized spacial score (nSPS) is 21.6. The van der Waals surface area contributed by atoms with E-state index in [1.807, 2.05) is 18.2 Å². The van der Waals surface area contributed by atoms with Gasteiger partial charge in [0.1, 0.15) is 12.1 Å². The number of esters is 1. The van der Waals surface area contributed by atoms with Gasteiger partial charge in [0, 0.05) is 0 Å². The number of carbonyl (C=O) groups excluding carboxylic acids is 4. The zero-order chi connectivity index (χ0) is 20.3. The van der Waals surface area contributed by atoms with Crippen LogP contribution in [0.15, 0.2) is 36.4 Å². The lowest BCUT2D eigenvalue weighted by Gasteiger charge is -2.21. The summed E-state index contributed by atoms with van der Waals surface area (Å²) in [7, 11) is 0. The van der Waals surface area contributed by atoms with Crippen molar-refractivity contribution in [3.63, 3.8) is 0 Å². The second-order valence-corrected chi connectivity index (χ2v) is 6.69. The number of nitriles is 1. The molecule has 1 aromatic carbocycles. The van der Waals surface area contributed by atoms with Crippen LogP contribution in [0.2, 0.25) is 0 Å². The lowest BCUT2D eigenvalue weighted by molar-refractivity contribution is -0.159. The number of nitrogens with zero attached hydrogens (tertiary/aromatic N) is 2. The molecule has 144 valence electrons. The number of amides is 3. The van der Waals surface area contributed by atoms with Crippen molar-refractivity contribution in [2.24, 2.45) is 11.8 Å². The Morgan fingerprint density at radius 3 is 2.43 bits per heavy atom. The number of hydrogen-bond donors (Lipinski definition) is 1. The first-order chi connectivity index (χ1) is 13.4. The Labute approximate surface area is 161 Å². The topological polar surface area (TPSA) is 117 Å². The highest BCUT2D eigenvalue weighted by atomic mass is 16.5. The van der Waals surface area contributed by atoms with E-state index in [1.165, 1.54) is 6.92 Å². The summed E-state index contributed by atoms with van der Waals surface area (Å²) in [5.41, 5.74) is 0.584. The second-order valence-electron chi connectivity index (χ2n) is 6.69. The Hall–Kier alpha value is -3.47. The minimum absolute atomic E-state index is 0.278. The molecule has 3 rings (SSSR count). The molecule has 0 saturated carbocycles. The van der Waals surface area contributed by atoms with E-state index in [2.05, 4.69) is 5.32 Å². The Kier molecular flexibility index (Phi) is 5.54. The third-order valence-corrected chi connectivity index (χ3v) is 4.94. The number of anilines is 1. The van der Waals surface area contributed by atoms with Crippen LogP contribution >= 0.6 is 0 Å². The number of hydrogen-bond acceptors (Lipinski definition) is 6. The van der Waals surface area contributed by atoms with Gasteiger partial charge in [-0.05, 0) is 31.9 Å². The maximum Gasteiger partial charge on any atom is 0.329 e. The van der Waals surface area contributed by atoms with Crippen molar-refractivity contribution in [2.45, 2.75) is 25.8 Å². The number of fused-ring (bicyclic) bond motifs is 1. The number of imide groups is 1. The Morgan fingerprint density at radius 1 is 1.21 bits per heavy atom. The molecule has 3 atom stereocenters. The number of para-hydroxylation sites is 1. The van der Waals surface area contributed by atoms with Crippen molar-refractivity contribution in [3.8, 4) is 6.07 Å². The fourth-order valence-electron chi connectivity index (χ4n) is 3.45. The molecule has 0 radical (unpaired) electrons. The van der Waals surface area contributed by atoms with Gasteiger partial charge in [0.05, 0.1) is 23.1 Å². The minimum Gasteiger partial charge on any atom is -0.454 e. The fraction of sp³-hybridized carbons (Fsp3) is 0.350. The van der Waals surface area contributed by atoms with E-state index >= 15 is 0 Å². The summed E-state index contributed by atoms with van der Waals surface area (Å²) in [5.74, 6) is -3.08. The van der Waals surface area contributed by atoms with Crippen molar-refractivity contribution in [3.05, 3.63) is 42.0 Å². The van der Waals surface area contributed by atoms with E-state index in [4.69, 9.17) is 10.00 Å². The molecule has 1 N–H and O–H groups in total. The van der Waals surface area contributed by atoms with E-state index in [1.54, 1.807) is 24.3 Å². The van der Waals surface area contributed by atoms with Gasteiger partial charge < -0.3 is 10.1 Å². The first kappa shape index (κ1) is 19.3. The third kappa shape index (κ3) is 3.64. The summed E-state index contributed by atoms with van der Waals surface area (Å²) in [5, 5.41) is 11.5. The van der Waals surface area contributed by atoms with Gasteiger partial charge in [0.25, 0.3) is 5.91 Å². The molecule has 0 aromatic heterocycles. The number of rotatable bonds is 5. The Balaban J connectivity index is 1.57. The molecule has 1 aliphatic heterocycles. The second kappa shape index (κ2) is 8.05. The van der Waals surface area contributed by atoms with Gasteiger partial charge in [-0.3, -0.25) is 19.3 Å². The summed E-state index contributed by atoms with van der Waals surface area (Å²) in [4.78, 5) is 50.3. The number of likely N-dealkylation sites (tertiary alicyclic amines) is 1. The third-order valence-electron chi connectivity index (χ3n) is 4.94. The van der Waals surface area contributed by atoms with Gasteiger partial charge in [-0.1, -0.05) is 24.3 Å². The van der Waals surface area contributed by atoms with Gasteiger partial charge in [0.15, 0.2) is 6.61 Å². The summed E-state index contributed by atoms with van der Waals surface area (Å²) in [6.45, 7) is 0.819. The maximum absolute atomic E-state index is 12.5. The van der Waals surface area contributed by atoms with E-state index < -0.39 is 36.4 Å². The number of allylic oxidation sites excluding steroid dienone is 2. The molecule has 0 unspecified atom stereocenters. The minimum atomic E-state index is -1.11. The van der Waals surface area contributed by atoms with E-state index in [0.717, 1.165) is 4.90 Å². The Morgan fingerprint density at radius 2 is 1.82 bits per heavy atom. The molecule has 28 heavy (non-hydrogen) atoms. The van der Waals surface area contributed by atoms with Gasteiger partial charge >= 0.3 is 5.97 Å². The fourth-order valence-corrected chi connectivity index (χ4v) is 3.45. The molecule has 0 bridgehead atoms. The van der Waals surface area contributed by atoms with Crippen molar-refractivity contribution in [2.75, 3.05) is 11.9 Å². The van der Waals surface area contributed by atoms with Crippen LogP contribution in [0.25, 0.3) is 0 Å². The largest absolute Gasteiger partial charge is 0.454 e. The molecular formula is C20H19N3O5. The van der Waals surface area contributed by atoms with Crippen LogP contribution in [-0.4, -0.2) is 41.2 Å². The summed E-state index contributed by atoms with van der Waals surface area (Å²) >= 11 is 0. The van der Waals surface area contributed by atoms with Crippen LogP contribution in [0.1, 0.15) is 25.3 Å². The van der Waals surface area contributed by atoms with Crippen LogP contribution in [0.4, 0.5) is 5.69 Å². The summed E-state index contributed by atoms with van der Waals surface area (Å²) in [6, 6.07) is 7.25. The van der Waals surface area contributed by atoms with Gasteiger partial charge in [-0.2, -0.15) is 5.26 Å². The lowest BCUT2D eigenvalue weighted by atomic mass is 9.85. The average Bonchev–Trinajstić information content (AvgIpc) is 2.96. The molecule has 1 aromatic rings. The van der Waals surface area contributed by atoms with Gasteiger partial charge in [-0.15, -0.1) is 0 Å². The summed E-state index contributed by atoms with van der Waals surface area (Å²) < 4.78 is 4.98. The number of benzene rings is 1. The molecule has 0 spiro atoms. The number of nitrogens with one attached hydrogen (secondary N) is 1. The predicted octanol–water partition coefficient (Wildman–Crippen LogP) is 1.38. The highest BCUT2D eigenvalue weighted by Gasteiger charge is 2.50. The monoisotopic (exact) mass is 381 g/mol. The molecule has 1 aliphatic carbocycles. The smallest absolute Gasteiger partial charge is 0.329 e. The van der Waals surface area contributed by atoms with Crippen LogP contribution in [-0.2, 0) is 23.9 Å². The quantitative estimate of drug-likeness (QED) is 0.468. The van der Waals surface area contributed by atoms with Crippen LogP contribution in [0.5, 0.6) is 0 Å². The molecule has 1 fully saturated rings.